The number of allylic oxidation sites excluding steroid dienone is 1. The van der Waals surface area contributed by atoms with Crippen molar-refractivity contribution in [3.63, 3.8) is 0 Å². The Labute approximate surface area is 143 Å². The van der Waals surface area contributed by atoms with Gasteiger partial charge in [0.1, 0.15) is 22.8 Å². The topological polar surface area (TPSA) is 76.7 Å². The maximum atomic E-state index is 12.4. The first-order valence-electron chi connectivity index (χ1n) is 6.58. The monoisotopic (exact) mass is 400 g/mol. The van der Waals surface area contributed by atoms with Crippen molar-refractivity contribution >= 4 is 27.8 Å². The molecular weight excluding hydrogens is 390 g/mol. The van der Waals surface area contributed by atoms with Gasteiger partial charge in [0.05, 0.1) is 0 Å². The van der Waals surface area contributed by atoms with E-state index in [4.69, 9.17) is 4.42 Å². The summed E-state index contributed by atoms with van der Waals surface area (Å²) >= 11 is 3.18. The molecule has 0 radical (unpaired) electrons. The summed E-state index contributed by atoms with van der Waals surface area (Å²) in [6.07, 6.45) is 2.16. The minimum Gasteiger partial charge on any atom is -0.507 e. The Bertz CT molecular complexity index is 858. The lowest BCUT2D eigenvalue weighted by molar-refractivity contribution is -0.0499. The van der Waals surface area contributed by atoms with E-state index >= 15 is 0 Å². The molecule has 0 atom stereocenters. The lowest BCUT2D eigenvalue weighted by atomic mass is 10.1. The third-order valence-electron chi connectivity index (χ3n) is 2.90. The van der Waals surface area contributed by atoms with E-state index in [9.17, 15) is 23.5 Å². The largest absolute Gasteiger partial charge is 0.507 e. The highest BCUT2D eigenvalue weighted by Gasteiger charge is 2.16. The number of benzene rings is 1. The number of hydrogen-bond donors (Lipinski definition) is 1. The molecule has 0 spiro atoms. The van der Waals surface area contributed by atoms with E-state index in [1.165, 1.54) is 31.2 Å². The molecule has 0 unspecified atom stereocenters. The molecule has 24 heavy (non-hydrogen) atoms. The minimum atomic E-state index is -3.03. The van der Waals surface area contributed by atoms with Crippen LogP contribution in [0.4, 0.5) is 8.78 Å². The molecule has 8 heteroatoms. The third kappa shape index (κ3) is 4.29. The number of rotatable bonds is 5. The Hall–Kier alpha value is -2.48. The van der Waals surface area contributed by atoms with Crippen LogP contribution in [0.25, 0.3) is 6.08 Å². The van der Waals surface area contributed by atoms with E-state index in [1.807, 2.05) is 0 Å². The Kier molecular flexibility index (Phi) is 5.50. The third-order valence-corrected chi connectivity index (χ3v) is 3.40. The number of alkyl halides is 2. The first kappa shape index (κ1) is 17.9. The number of hydrogen-bond acceptors (Lipinski definition) is 5. The van der Waals surface area contributed by atoms with Crippen molar-refractivity contribution in [3.05, 3.63) is 62.1 Å². The van der Waals surface area contributed by atoms with Crippen molar-refractivity contribution in [2.24, 2.45) is 0 Å². The molecule has 126 valence electrons. The molecule has 0 amide bonds. The molecule has 1 N–H and O–H groups in total. The van der Waals surface area contributed by atoms with E-state index in [2.05, 4.69) is 20.7 Å². The van der Waals surface area contributed by atoms with Crippen molar-refractivity contribution in [2.75, 3.05) is 0 Å². The van der Waals surface area contributed by atoms with Gasteiger partial charge in [-0.05, 0) is 37.3 Å². The smallest absolute Gasteiger partial charge is 0.387 e. The molecule has 0 aliphatic carbocycles. The molecule has 0 bridgehead atoms. The Morgan fingerprint density at radius 1 is 1.38 bits per heavy atom. The molecule has 5 nitrogen and oxygen atoms in total. The number of aryl methyl sites for hydroxylation is 1. The zero-order chi connectivity index (χ0) is 17.9. The van der Waals surface area contributed by atoms with Crippen LogP contribution in [-0.2, 0) is 0 Å². The van der Waals surface area contributed by atoms with E-state index in [1.54, 1.807) is 0 Å². The van der Waals surface area contributed by atoms with Crippen molar-refractivity contribution in [3.8, 4) is 11.5 Å². The number of carbonyl (C=O) groups is 1. The van der Waals surface area contributed by atoms with E-state index in [-0.39, 0.29) is 17.1 Å². The predicted octanol–water partition coefficient (Wildman–Crippen LogP) is 3.91. The van der Waals surface area contributed by atoms with Gasteiger partial charge in [-0.2, -0.15) is 8.78 Å². The van der Waals surface area contributed by atoms with Crippen LogP contribution >= 0.6 is 15.9 Å². The molecule has 1 aromatic carbocycles. The second-order valence-corrected chi connectivity index (χ2v) is 5.58. The number of carbonyl (C=O) groups excluding carboxylic acids is 1. The molecule has 0 saturated heterocycles. The Morgan fingerprint density at radius 3 is 2.71 bits per heavy atom. The van der Waals surface area contributed by atoms with Gasteiger partial charge < -0.3 is 14.3 Å². The zero-order valence-electron chi connectivity index (χ0n) is 12.3. The number of aromatic hydroxyl groups is 1. The van der Waals surface area contributed by atoms with Crippen LogP contribution in [0.5, 0.6) is 11.5 Å². The normalized spacial score (nSPS) is 11.2. The van der Waals surface area contributed by atoms with Crippen molar-refractivity contribution in [2.45, 2.75) is 13.5 Å². The van der Waals surface area contributed by atoms with Crippen LogP contribution < -0.4 is 10.4 Å². The van der Waals surface area contributed by atoms with Crippen LogP contribution in [0.3, 0.4) is 0 Å². The summed E-state index contributed by atoms with van der Waals surface area (Å²) in [5.41, 5.74) is -1.34. The molecule has 2 rings (SSSR count). The SMILES string of the molecule is Cc1cc(O)c(C(=O)/C=C/c2cc(Br)ccc2OC(F)F)c(=O)o1. The van der Waals surface area contributed by atoms with Crippen molar-refractivity contribution in [1.29, 1.82) is 0 Å². The van der Waals surface area contributed by atoms with Gasteiger partial charge in [-0.3, -0.25) is 4.79 Å². The van der Waals surface area contributed by atoms with Crippen LogP contribution in [0, 0.1) is 6.92 Å². The highest BCUT2D eigenvalue weighted by Crippen LogP contribution is 2.26. The quantitative estimate of drug-likeness (QED) is 0.607. The Morgan fingerprint density at radius 2 is 2.08 bits per heavy atom. The van der Waals surface area contributed by atoms with Gasteiger partial charge in [0.15, 0.2) is 5.78 Å². The fourth-order valence-electron chi connectivity index (χ4n) is 1.92. The van der Waals surface area contributed by atoms with Crippen LogP contribution in [0.2, 0.25) is 0 Å². The minimum absolute atomic E-state index is 0.141. The summed E-state index contributed by atoms with van der Waals surface area (Å²) in [6, 6.07) is 5.39. The zero-order valence-corrected chi connectivity index (χ0v) is 13.8. The van der Waals surface area contributed by atoms with Crippen LogP contribution in [0.1, 0.15) is 21.7 Å². The van der Waals surface area contributed by atoms with Gasteiger partial charge in [0, 0.05) is 16.1 Å². The summed E-state index contributed by atoms with van der Waals surface area (Å²) in [6.45, 7) is -1.58. The average Bonchev–Trinajstić information content (AvgIpc) is 2.46. The van der Waals surface area contributed by atoms with E-state index in [0.717, 1.165) is 12.1 Å². The first-order chi connectivity index (χ1) is 11.3. The second-order valence-electron chi connectivity index (χ2n) is 4.66. The van der Waals surface area contributed by atoms with Gasteiger partial charge in [-0.1, -0.05) is 15.9 Å². The highest BCUT2D eigenvalue weighted by atomic mass is 79.9. The van der Waals surface area contributed by atoms with Gasteiger partial charge in [-0.15, -0.1) is 0 Å². The summed E-state index contributed by atoms with van der Waals surface area (Å²) in [7, 11) is 0. The standard InChI is InChI=1S/C16H11BrF2O5/c1-8-6-12(21)14(15(22)23-8)11(20)4-2-9-7-10(17)3-5-13(9)24-16(18)19/h2-7,16,21H,1H3/b4-2+. The van der Waals surface area contributed by atoms with Crippen LogP contribution in [-0.4, -0.2) is 17.5 Å². The summed E-state index contributed by atoms with van der Waals surface area (Å²) in [5.74, 6) is -1.34. The maximum Gasteiger partial charge on any atom is 0.387 e. The number of halogens is 3. The molecule has 2 aromatic rings. The van der Waals surface area contributed by atoms with Gasteiger partial charge >= 0.3 is 12.2 Å². The summed E-state index contributed by atoms with van der Waals surface area (Å²) < 4.78 is 34.5. The second kappa shape index (κ2) is 7.39. The summed E-state index contributed by atoms with van der Waals surface area (Å²) in [5, 5.41) is 9.71. The Balaban J connectivity index is 2.36. The highest BCUT2D eigenvalue weighted by molar-refractivity contribution is 9.10. The fraction of sp³-hybridized carbons (Fsp3) is 0.125. The summed E-state index contributed by atoms with van der Waals surface area (Å²) in [4.78, 5) is 23.7. The average molecular weight is 401 g/mol. The lowest BCUT2D eigenvalue weighted by Gasteiger charge is -2.08. The fourth-order valence-corrected chi connectivity index (χ4v) is 2.30. The van der Waals surface area contributed by atoms with E-state index in [0.29, 0.717) is 4.47 Å². The maximum absolute atomic E-state index is 12.4. The van der Waals surface area contributed by atoms with Crippen molar-refractivity contribution in [1.82, 2.24) is 0 Å². The van der Waals surface area contributed by atoms with Gasteiger partial charge in [0.2, 0.25) is 0 Å². The van der Waals surface area contributed by atoms with Gasteiger partial charge in [-0.25, -0.2) is 4.79 Å². The number of ketones is 1. The molecule has 0 saturated carbocycles. The molecule has 0 aliphatic heterocycles. The number of ether oxygens (including phenoxy) is 1. The first-order valence-corrected chi connectivity index (χ1v) is 7.37. The molecule has 0 fully saturated rings. The molecule has 1 aromatic heterocycles. The molecule has 0 aliphatic rings. The van der Waals surface area contributed by atoms with Crippen molar-refractivity contribution < 1.29 is 27.8 Å². The molecular formula is C16H11BrF2O5. The van der Waals surface area contributed by atoms with E-state index < -0.39 is 29.3 Å². The lowest BCUT2D eigenvalue weighted by Crippen LogP contribution is -2.13. The van der Waals surface area contributed by atoms with Crippen LogP contribution in [0.15, 0.2) is 44.0 Å². The predicted molar refractivity (Wildman–Crippen MR) is 85.5 cm³/mol. The molecule has 1 heterocycles. The van der Waals surface area contributed by atoms with Gasteiger partial charge in [0.25, 0.3) is 0 Å².